The molecule has 3 heterocycles. The maximum absolute atomic E-state index is 13.8. The molecule has 0 aliphatic rings. The number of fused-ring (bicyclic) bond motifs is 1. The number of carbonyl (C=O) groups excluding carboxylic acids is 2. The summed E-state index contributed by atoms with van der Waals surface area (Å²) in [6.07, 6.45) is -3.38. The van der Waals surface area contributed by atoms with E-state index in [1.54, 1.807) is 7.05 Å². The number of rotatable bonds is 4. The molecule has 0 atom stereocenters. The fourth-order valence-electron chi connectivity index (χ4n) is 3.11. The minimum absolute atomic E-state index is 0.0347. The molecule has 13 heteroatoms. The highest BCUT2D eigenvalue weighted by Gasteiger charge is 2.35. The van der Waals surface area contributed by atoms with Crippen molar-refractivity contribution in [1.82, 2.24) is 29.7 Å². The number of halogens is 4. The van der Waals surface area contributed by atoms with Gasteiger partial charge < -0.3 is 10.6 Å². The van der Waals surface area contributed by atoms with Crippen molar-refractivity contribution in [2.24, 2.45) is 7.05 Å². The Kier molecular flexibility index (Phi) is 5.54. The van der Waals surface area contributed by atoms with Crippen molar-refractivity contribution in [2.45, 2.75) is 6.18 Å². The summed E-state index contributed by atoms with van der Waals surface area (Å²) >= 11 is 5.85. The molecule has 0 radical (unpaired) electrons. The van der Waals surface area contributed by atoms with Crippen molar-refractivity contribution in [3.05, 3.63) is 64.7 Å². The lowest BCUT2D eigenvalue weighted by Gasteiger charge is -2.11. The highest BCUT2D eigenvalue weighted by Crippen LogP contribution is 2.32. The molecule has 0 saturated heterocycles. The van der Waals surface area contributed by atoms with Gasteiger partial charge in [0.2, 0.25) is 0 Å². The topological polar surface area (TPSA) is 106 Å². The van der Waals surface area contributed by atoms with Crippen molar-refractivity contribution in [1.29, 1.82) is 0 Å². The number of anilines is 1. The van der Waals surface area contributed by atoms with E-state index >= 15 is 0 Å². The van der Waals surface area contributed by atoms with Crippen LogP contribution < -0.4 is 10.6 Å². The van der Waals surface area contributed by atoms with E-state index in [0.29, 0.717) is 15.1 Å². The van der Waals surface area contributed by atoms with Gasteiger partial charge in [0.15, 0.2) is 22.7 Å². The summed E-state index contributed by atoms with van der Waals surface area (Å²) in [5, 5.41) is 13.0. The Labute approximate surface area is 189 Å². The van der Waals surface area contributed by atoms with E-state index in [9.17, 15) is 22.8 Å². The Hall–Kier alpha value is -3.93. The summed E-state index contributed by atoms with van der Waals surface area (Å²) in [5.41, 5.74) is -1.16. The van der Waals surface area contributed by atoms with Crippen molar-refractivity contribution < 1.29 is 22.8 Å². The average molecular weight is 478 g/mol. The van der Waals surface area contributed by atoms with Gasteiger partial charge in [-0.2, -0.15) is 23.4 Å². The highest BCUT2D eigenvalue weighted by molar-refractivity contribution is 6.30. The molecule has 3 aromatic heterocycles. The van der Waals surface area contributed by atoms with Gasteiger partial charge >= 0.3 is 6.18 Å². The second kappa shape index (κ2) is 8.20. The van der Waals surface area contributed by atoms with E-state index in [-0.39, 0.29) is 28.4 Å². The van der Waals surface area contributed by atoms with Crippen LogP contribution in [0.5, 0.6) is 0 Å². The number of benzene rings is 1. The summed E-state index contributed by atoms with van der Waals surface area (Å²) in [6, 6.07) is 8.10. The lowest BCUT2D eigenvalue weighted by Crippen LogP contribution is -2.21. The first kappa shape index (κ1) is 22.3. The molecule has 0 saturated carbocycles. The third-order valence-electron chi connectivity index (χ3n) is 4.61. The molecular weight excluding hydrogens is 463 g/mol. The van der Waals surface area contributed by atoms with Gasteiger partial charge in [-0.3, -0.25) is 14.3 Å². The SMILES string of the molecule is CNC(=O)c1nn(C)cc1NC(=O)c1cc2nc(-c3ccc(Cl)cc3)cc(C(F)(F)F)n2n1. The number of hydrogen-bond acceptors (Lipinski definition) is 5. The van der Waals surface area contributed by atoms with Gasteiger partial charge in [-0.15, -0.1) is 0 Å². The molecule has 2 amide bonds. The summed E-state index contributed by atoms with van der Waals surface area (Å²) < 4.78 is 43.1. The Morgan fingerprint density at radius 1 is 1.06 bits per heavy atom. The zero-order valence-electron chi connectivity index (χ0n) is 17.1. The first-order chi connectivity index (χ1) is 15.6. The Morgan fingerprint density at radius 3 is 2.39 bits per heavy atom. The first-order valence-corrected chi connectivity index (χ1v) is 9.75. The molecule has 0 aliphatic carbocycles. The number of aryl methyl sites for hydroxylation is 1. The van der Waals surface area contributed by atoms with E-state index in [1.165, 1.54) is 42.2 Å². The molecule has 0 unspecified atom stereocenters. The van der Waals surface area contributed by atoms with E-state index in [2.05, 4.69) is 25.8 Å². The largest absolute Gasteiger partial charge is 0.433 e. The van der Waals surface area contributed by atoms with E-state index in [4.69, 9.17) is 11.6 Å². The van der Waals surface area contributed by atoms with Crippen LogP contribution in [0.2, 0.25) is 5.02 Å². The van der Waals surface area contributed by atoms with Crippen molar-refractivity contribution in [3.63, 3.8) is 0 Å². The van der Waals surface area contributed by atoms with Gasteiger partial charge in [0.05, 0.1) is 11.4 Å². The Bertz CT molecular complexity index is 1380. The number of nitrogens with one attached hydrogen (secondary N) is 2. The van der Waals surface area contributed by atoms with Crippen LogP contribution in [-0.4, -0.2) is 43.2 Å². The van der Waals surface area contributed by atoms with Gasteiger partial charge in [0, 0.05) is 36.9 Å². The molecule has 0 spiro atoms. The predicted octanol–water partition coefficient (Wildman–Crippen LogP) is 3.41. The van der Waals surface area contributed by atoms with Crippen LogP contribution in [0.1, 0.15) is 26.7 Å². The van der Waals surface area contributed by atoms with Gasteiger partial charge in [-0.05, 0) is 18.2 Å². The fourth-order valence-corrected chi connectivity index (χ4v) is 3.23. The zero-order chi connectivity index (χ0) is 23.9. The molecule has 2 N–H and O–H groups in total. The van der Waals surface area contributed by atoms with Crippen molar-refractivity contribution in [2.75, 3.05) is 12.4 Å². The molecular formula is C20H15ClF3N7O2. The minimum atomic E-state index is -4.77. The molecule has 4 rings (SSSR count). The molecule has 0 fully saturated rings. The van der Waals surface area contributed by atoms with Gasteiger partial charge in [0.1, 0.15) is 0 Å². The summed E-state index contributed by atoms with van der Waals surface area (Å²) in [7, 11) is 2.94. The van der Waals surface area contributed by atoms with Crippen LogP contribution in [0, 0.1) is 0 Å². The average Bonchev–Trinajstić information content (AvgIpc) is 3.35. The Balaban J connectivity index is 1.76. The van der Waals surface area contributed by atoms with Gasteiger partial charge in [-0.1, -0.05) is 23.7 Å². The summed E-state index contributed by atoms with van der Waals surface area (Å²) in [6.45, 7) is 0. The molecule has 4 aromatic rings. The number of carbonyl (C=O) groups is 2. The van der Waals surface area contributed by atoms with Gasteiger partial charge in [0.25, 0.3) is 11.8 Å². The van der Waals surface area contributed by atoms with Crippen LogP contribution in [0.25, 0.3) is 16.9 Å². The zero-order valence-corrected chi connectivity index (χ0v) is 17.9. The van der Waals surface area contributed by atoms with Crippen LogP contribution in [0.4, 0.5) is 18.9 Å². The molecule has 0 bridgehead atoms. The predicted molar refractivity (Wildman–Crippen MR) is 113 cm³/mol. The number of nitrogens with zero attached hydrogens (tertiary/aromatic N) is 5. The standard InChI is InChI=1S/C20H15ClF3N7O2/c1-25-19(33)17-14(9-30(2)29-17)27-18(32)13-8-16-26-12(10-3-5-11(21)6-4-10)7-15(20(22,23)24)31(16)28-13/h3-9H,1-2H3,(H,25,33)(H,27,32). The quantitative estimate of drug-likeness (QED) is 0.468. The highest BCUT2D eigenvalue weighted by atomic mass is 35.5. The van der Waals surface area contributed by atoms with Crippen LogP contribution >= 0.6 is 11.6 Å². The van der Waals surface area contributed by atoms with E-state index < -0.39 is 23.7 Å². The van der Waals surface area contributed by atoms with E-state index in [1.807, 2.05) is 0 Å². The number of amides is 2. The lowest BCUT2D eigenvalue weighted by atomic mass is 10.1. The smallest absolute Gasteiger partial charge is 0.354 e. The monoisotopic (exact) mass is 477 g/mol. The first-order valence-electron chi connectivity index (χ1n) is 9.38. The minimum Gasteiger partial charge on any atom is -0.354 e. The van der Waals surface area contributed by atoms with E-state index in [0.717, 1.165) is 12.1 Å². The van der Waals surface area contributed by atoms with Crippen LogP contribution in [-0.2, 0) is 13.2 Å². The van der Waals surface area contributed by atoms with Crippen molar-refractivity contribution >= 4 is 34.7 Å². The van der Waals surface area contributed by atoms with Gasteiger partial charge in [-0.25, -0.2) is 9.50 Å². The molecule has 1 aromatic carbocycles. The maximum Gasteiger partial charge on any atom is 0.433 e. The number of aromatic nitrogens is 5. The van der Waals surface area contributed by atoms with Crippen LogP contribution in [0.3, 0.4) is 0 Å². The molecule has 33 heavy (non-hydrogen) atoms. The second-order valence-corrected chi connectivity index (χ2v) is 7.37. The third kappa shape index (κ3) is 4.37. The third-order valence-corrected chi connectivity index (χ3v) is 4.86. The van der Waals surface area contributed by atoms with Crippen LogP contribution in [0.15, 0.2) is 42.6 Å². The molecule has 170 valence electrons. The van der Waals surface area contributed by atoms with Crippen molar-refractivity contribution in [3.8, 4) is 11.3 Å². The normalized spacial score (nSPS) is 11.6. The Morgan fingerprint density at radius 2 is 1.76 bits per heavy atom. The molecule has 0 aliphatic heterocycles. The second-order valence-electron chi connectivity index (χ2n) is 6.93. The summed E-state index contributed by atoms with van der Waals surface area (Å²) in [4.78, 5) is 28.9. The number of hydrogen-bond donors (Lipinski definition) is 2. The lowest BCUT2D eigenvalue weighted by molar-refractivity contribution is -0.142. The maximum atomic E-state index is 13.8. The fraction of sp³-hybridized carbons (Fsp3) is 0.150. The number of alkyl halides is 3. The molecule has 9 nitrogen and oxygen atoms in total. The summed E-state index contributed by atoms with van der Waals surface area (Å²) in [5.74, 6) is -1.38.